The van der Waals surface area contributed by atoms with Crippen LogP contribution in [0.2, 0.25) is 0 Å². The zero-order chi connectivity index (χ0) is 18.1. The highest BCUT2D eigenvalue weighted by Crippen LogP contribution is 2.58. The van der Waals surface area contributed by atoms with Crippen LogP contribution < -0.4 is 4.74 Å². The second kappa shape index (κ2) is 6.38. The lowest BCUT2D eigenvalue weighted by atomic mass is 9.95. The van der Waals surface area contributed by atoms with Crippen LogP contribution in [0.3, 0.4) is 0 Å². The Morgan fingerprint density at radius 2 is 1.84 bits per heavy atom. The first kappa shape index (κ1) is 17.3. The summed E-state index contributed by atoms with van der Waals surface area (Å²) in [6.07, 6.45) is -2.68. The van der Waals surface area contributed by atoms with Crippen molar-refractivity contribution in [2.45, 2.75) is 31.4 Å². The summed E-state index contributed by atoms with van der Waals surface area (Å²) < 4.78 is 49.7. The van der Waals surface area contributed by atoms with E-state index in [0.717, 1.165) is 0 Å². The van der Waals surface area contributed by atoms with Gasteiger partial charge < -0.3 is 9.47 Å². The highest BCUT2D eigenvalue weighted by Gasteiger charge is 2.64. The van der Waals surface area contributed by atoms with E-state index in [1.54, 1.807) is 6.92 Å². The Morgan fingerprint density at radius 3 is 2.32 bits per heavy atom. The number of carbonyl (C=O) groups is 1. The molecule has 0 saturated heterocycles. The first-order valence-electron chi connectivity index (χ1n) is 7.84. The van der Waals surface area contributed by atoms with E-state index in [0.29, 0.717) is 11.3 Å². The average molecular weight is 351 g/mol. The SMILES string of the molecule is CCOC(=O)c1ccc(Oc2ccc(C3(C(F)(F)F)CC3)cc2)nc1. The van der Waals surface area contributed by atoms with E-state index in [-0.39, 0.29) is 30.9 Å². The van der Waals surface area contributed by atoms with Gasteiger partial charge in [-0.15, -0.1) is 0 Å². The summed E-state index contributed by atoms with van der Waals surface area (Å²) in [7, 11) is 0. The molecule has 25 heavy (non-hydrogen) atoms. The Bertz CT molecular complexity index is 751. The summed E-state index contributed by atoms with van der Waals surface area (Å²) >= 11 is 0. The molecular formula is C18H16F3NO3. The summed E-state index contributed by atoms with van der Waals surface area (Å²) in [6.45, 7) is 1.97. The highest BCUT2D eigenvalue weighted by molar-refractivity contribution is 5.89. The Morgan fingerprint density at radius 1 is 1.16 bits per heavy atom. The van der Waals surface area contributed by atoms with Crippen LogP contribution in [0.25, 0.3) is 0 Å². The molecule has 1 aliphatic rings. The average Bonchev–Trinajstić information content (AvgIpc) is 3.38. The molecular weight excluding hydrogens is 335 g/mol. The van der Waals surface area contributed by atoms with E-state index in [4.69, 9.17) is 9.47 Å². The van der Waals surface area contributed by atoms with Gasteiger partial charge in [-0.1, -0.05) is 12.1 Å². The first-order valence-corrected chi connectivity index (χ1v) is 7.84. The van der Waals surface area contributed by atoms with Crippen LogP contribution in [0.4, 0.5) is 13.2 Å². The van der Waals surface area contributed by atoms with Gasteiger partial charge in [-0.3, -0.25) is 0 Å². The van der Waals surface area contributed by atoms with Crippen molar-refractivity contribution < 1.29 is 27.4 Å². The number of carbonyl (C=O) groups excluding carboxylic acids is 1. The topological polar surface area (TPSA) is 48.4 Å². The van der Waals surface area contributed by atoms with Crippen LogP contribution in [0.1, 0.15) is 35.7 Å². The number of esters is 1. The van der Waals surface area contributed by atoms with Gasteiger partial charge in [-0.05, 0) is 43.5 Å². The number of pyridine rings is 1. The van der Waals surface area contributed by atoms with Gasteiger partial charge in [0.2, 0.25) is 5.88 Å². The molecule has 132 valence electrons. The molecule has 0 atom stereocenters. The smallest absolute Gasteiger partial charge is 0.398 e. The van der Waals surface area contributed by atoms with Gasteiger partial charge in [-0.25, -0.2) is 9.78 Å². The lowest BCUT2D eigenvalue weighted by molar-refractivity contribution is -0.160. The third-order valence-corrected chi connectivity index (χ3v) is 4.17. The first-order chi connectivity index (χ1) is 11.9. The number of hydrogen-bond donors (Lipinski definition) is 0. The van der Waals surface area contributed by atoms with Crippen molar-refractivity contribution in [2.24, 2.45) is 0 Å². The maximum Gasteiger partial charge on any atom is 0.398 e. The van der Waals surface area contributed by atoms with E-state index in [9.17, 15) is 18.0 Å². The van der Waals surface area contributed by atoms with E-state index in [1.165, 1.54) is 42.6 Å². The fraction of sp³-hybridized carbons (Fsp3) is 0.333. The van der Waals surface area contributed by atoms with Gasteiger partial charge in [0, 0.05) is 12.3 Å². The van der Waals surface area contributed by atoms with Crippen molar-refractivity contribution in [2.75, 3.05) is 6.61 Å². The Balaban J connectivity index is 1.69. The van der Waals surface area contributed by atoms with E-state index >= 15 is 0 Å². The summed E-state index contributed by atoms with van der Waals surface area (Å²) in [4.78, 5) is 15.5. The van der Waals surface area contributed by atoms with Gasteiger partial charge in [0.25, 0.3) is 0 Å². The van der Waals surface area contributed by atoms with Gasteiger partial charge in [0.15, 0.2) is 0 Å². The maximum atomic E-state index is 13.1. The monoisotopic (exact) mass is 351 g/mol. The molecule has 1 fully saturated rings. The third kappa shape index (κ3) is 3.45. The summed E-state index contributed by atoms with van der Waals surface area (Å²) in [5.41, 5.74) is -1.16. The molecule has 0 radical (unpaired) electrons. The number of alkyl halides is 3. The molecule has 0 aliphatic heterocycles. The van der Waals surface area contributed by atoms with Crippen LogP contribution in [-0.2, 0) is 10.2 Å². The van der Waals surface area contributed by atoms with Crippen LogP contribution in [-0.4, -0.2) is 23.7 Å². The maximum absolute atomic E-state index is 13.1. The van der Waals surface area contributed by atoms with Gasteiger partial charge >= 0.3 is 12.1 Å². The zero-order valence-electron chi connectivity index (χ0n) is 13.5. The number of aromatic nitrogens is 1. The molecule has 0 amide bonds. The molecule has 1 aromatic heterocycles. The second-order valence-corrected chi connectivity index (χ2v) is 5.81. The lowest BCUT2D eigenvalue weighted by Crippen LogP contribution is -2.28. The van der Waals surface area contributed by atoms with E-state index in [1.807, 2.05) is 0 Å². The van der Waals surface area contributed by atoms with Crippen molar-refractivity contribution in [3.8, 4) is 11.6 Å². The molecule has 0 spiro atoms. The van der Waals surface area contributed by atoms with Gasteiger partial charge in [0.1, 0.15) is 5.75 Å². The largest absolute Gasteiger partial charge is 0.462 e. The third-order valence-electron chi connectivity index (χ3n) is 4.17. The van der Waals surface area contributed by atoms with Crippen LogP contribution >= 0.6 is 0 Å². The number of halogens is 3. The van der Waals surface area contributed by atoms with Crippen molar-refractivity contribution in [3.63, 3.8) is 0 Å². The number of ether oxygens (including phenoxy) is 2. The number of hydrogen-bond acceptors (Lipinski definition) is 4. The molecule has 0 bridgehead atoms. The number of rotatable bonds is 5. The summed E-state index contributed by atoms with van der Waals surface area (Å²) in [6, 6.07) is 8.85. The molecule has 0 unspecified atom stereocenters. The number of benzene rings is 1. The molecule has 1 saturated carbocycles. The molecule has 0 N–H and O–H groups in total. The van der Waals surface area contributed by atoms with Crippen LogP contribution in [0, 0.1) is 0 Å². The van der Waals surface area contributed by atoms with E-state index in [2.05, 4.69) is 4.98 Å². The minimum atomic E-state index is -4.24. The molecule has 4 nitrogen and oxygen atoms in total. The van der Waals surface area contributed by atoms with Gasteiger partial charge in [-0.2, -0.15) is 13.2 Å². The minimum Gasteiger partial charge on any atom is -0.462 e. The minimum absolute atomic E-state index is 0.119. The Kier molecular flexibility index (Phi) is 4.41. The normalized spacial score (nSPS) is 15.5. The highest BCUT2D eigenvalue weighted by atomic mass is 19.4. The van der Waals surface area contributed by atoms with Crippen molar-refractivity contribution >= 4 is 5.97 Å². The summed E-state index contributed by atoms with van der Waals surface area (Å²) in [5.74, 6) is 0.128. The Hall–Kier alpha value is -2.57. The van der Waals surface area contributed by atoms with Crippen LogP contribution in [0.5, 0.6) is 11.6 Å². The van der Waals surface area contributed by atoms with Crippen LogP contribution in [0.15, 0.2) is 42.6 Å². The molecule has 1 heterocycles. The molecule has 1 aliphatic carbocycles. The van der Waals surface area contributed by atoms with Crippen molar-refractivity contribution in [1.82, 2.24) is 4.98 Å². The zero-order valence-corrected chi connectivity index (χ0v) is 13.5. The van der Waals surface area contributed by atoms with Crippen molar-refractivity contribution in [1.29, 1.82) is 0 Å². The summed E-state index contributed by atoms with van der Waals surface area (Å²) in [5, 5.41) is 0. The lowest BCUT2D eigenvalue weighted by Gasteiger charge is -2.19. The fourth-order valence-corrected chi connectivity index (χ4v) is 2.60. The molecule has 3 rings (SSSR count). The fourth-order valence-electron chi connectivity index (χ4n) is 2.60. The molecule has 1 aromatic carbocycles. The molecule has 7 heteroatoms. The second-order valence-electron chi connectivity index (χ2n) is 5.81. The van der Waals surface area contributed by atoms with E-state index < -0.39 is 17.6 Å². The quantitative estimate of drug-likeness (QED) is 0.736. The Labute approximate surface area is 142 Å². The predicted octanol–water partition coefficient (Wildman–Crippen LogP) is 4.64. The molecule has 2 aromatic rings. The van der Waals surface area contributed by atoms with Crippen molar-refractivity contribution in [3.05, 3.63) is 53.7 Å². The predicted molar refractivity (Wildman–Crippen MR) is 83.7 cm³/mol. The standard InChI is InChI=1S/C18H16F3NO3/c1-2-24-16(23)12-3-8-15(22-11-12)25-14-6-4-13(5-7-14)17(9-10-17)18(19,20)21/h3-8,11H,2,9-10H2,1H3. The van der Waals surface area contributed by atoms with Gasteiger partial charge in [0.05, 0.1) is 17.6 Å². The number of nitrogens with zero attached hydrogens (tertiary/aromatic N) is 1.